The summed E-state index contributed by atoms with van der Waals surface area (Å²) in [4.78, 5) is -0.276. The first-order valence-electron chi connectivity index (χ1n) is 11.6. The number of rotatable bonds is 8. The fourth-order valence-corrected chi connectivity index (χ4v) is 4.71. The monoisotopic (exact) mass is 497 g/mol. The predicted molar refractivity (Wildman–Crippen MR) is 141 cm³/mol. The molecule has 1 aromatic heterocycles. The molecule has 0 aliphatic carbocycles. The highest BCUT2D eigenvalue weighted by atomic mass is 32.2. The number of benzene rings is 3. The largest absolute Gasteiger partial charge is 0.493 e. The van der Waals surface area contributed by atoms with Crippen LogP contribution in [0, 0.1) is 24.2 Å². The van der Waals surface area contributed by atoms with Gasteiger partial charge in [0.25, 0.3) is 0 Å². The van der Waals surface area contributed by atoms with E-state index in [0.29, 0.717) is 23.8 Å². The molecule has 0 N–H and O–H groups in total. The first-order valence-corrected chi connectivity index (χ1v) is 13.1. The molecule has 6 nitrogen and oxygen atoms in total. The van der Waals surface area contributed by atoms with E-state index in [4.69, 9.17) is 9.84 Å². The van der Waals surface area contributed by atoms with Gasteiger partial charge in [-0.15, -0.1) is 0 Å². The van der Waals surface area contributed by atoms with Crippen LogP contribution in [0.5, 0.6) is 5.75 Å². The summed E-state index contributed by atoms with van der Waals surface area (Å²) in [6.45, 7) is 6.65. The molecule has 0 spiro atoms. The third-order valence-electron chi connectivity index (χ3n) is 5.49. The number of aryl methyl sites for hydroxylation is 1. The summed E-state index contributed by atoms with van der Waals surface area (Å²) in [5, 5.41) is 14.6. The zero-order valence-electron chi connectivity index (χ0n) is 20.4. The summed E-state index contributed by atoms with van der Waals surface area (Å²) in [6.07, 6.45) is 3.12. The van der Waals surface area contributed by atoms with Crippen LogP contribution in [0.4, 0.5) is 0 Å². The van der Waals surface area contributed by atoms with Crippen LogP contribution in [0.2, 0.25) is 0 Å². The number of hydrogen-bond donors (Lipinski definition) is 0. The van der Waals surface area contributed by atoms with Crippen molar-refractivity contribution < 1.29 is 13.2 Å². The number of hydrogen-bond acceptors (Lipinski definition) is 5. The molecule has 182 valence electrons. The van der Waals surface area contributed by atoms with Crippen LogP contribution in [0.25, 0.3) is 23.0 Å². The zero-order valence-corrected chi connectivity index (χ0v) is 21.2. The number of aromatic nitrogens is 2. The zero-order chi connectivity index (χ0) is 25.7. The van der Waals surface area contributed by atoms with Crippen LogP contribution < -0.4 is 4.74 Å². The van der Waals surface area contributed by atoms with Crippen LogP contribution in [0.3, 0.4) is 0 Å². The Morgan fingerprint density at radius 2 is 1.69 bits per heavy atom. The maximum absolute atomic E-state index is 13.2. The molecule has 7 heteroatoms. The molecule has 0 saturated carbocycles. The molecule has 0 bridgehead atoms. The van der Waals surface area contributed by atoms with Crippen molar-refractivity contribution in [2.24, 2.45) is 5.92 Å². The van der Waals surface area contributed by atoms with E-state index in [1.165, 1.54) is 18.2 Å². The van der Waals surface area contributed by atoms with Gasteiger partial charge in [-0.05, 0) is 67.4 Å². The predicted octanol–water partition coefficient (Wildman–Crippen LogP) is 6.22. The number of para-hydroxylation sites is 1. The van der Waals surface area contributed by atoms with Crippen molar-refractivity contribution in [2.75, 3.05) is 6.61 Å². The summed E-state index contributed by atoms with van der Waals surface area (Å²) in [5.74, 6) is 1.15. The molecule has 0 amide bonds. The second-order valence-corrected chi connectivity index (χ2v) is 10.8. The second-order valence-electron chi connectivity index (χ2n) is 8.88. The molecule has 36 heavy (non-hydrogen) atoms. The van der Waals surface area contributed by atoms with E-state index in [1.807, 2.05) is 67.6 Å². The van der Waals surface area contributed by atoms with Gasteiger partial charge in [-0.25, -0.2) is 13.1 Å². The molecule has 0 saturated heterocycles. The van der Waals surface area contributed by atoms with E-state index in [1.54, 1.807) is 23.0 Å². The van der Waals surface area contributed by atoms with Crippen LogP contribution >= 0.6 is 0 Å². The highest BCUT2D eigenvalue weighted by molar-refractivity contribution is 7.95. The third-order valence-corrected chi connectivity index (χ3v) is 7.17. The lowest BCUT2D eigenvalue weighted by Crippen LogP contribution is -2.04. The Morgan fingerprint density at radius 1 is 1.03 bits per heavy atom. The van der Waals surface area contributed by atoms with Crippen molar-refractivity contribution in [3.8, 4) is 28.8 Å². The molecule has 4 rings (SSSR count). The molecule has 3 aromatic carbocycles. The van der Waals surface area contributed by atoms with Crippen LogP contribution in [0.15, 0.2) is 94.9 Å². The van der Waals surface area contributed by atoms with Crippen molar-refractivity contribution >= 4 is 15.9 Å². The van der Waals surface area contributed by atoms with E-state index in [-0.39, 0.29) is 9.80 Å². The normalized spacial score (nSPS) is 11.9. The van der Waals surface area contributed by atoms with E-state index in [0.717, 1.165) is 22.6 Å². The number of allylic oxidation sites excluding steroid dienone is 1. The average molecular weight is 498 g/mol. The van der Waals surface area contributed by atoms with Crippen LogP contribution in [-0.4, -0.2) is 24.8 Å². The van der Waals surface area contributed by atoms with Crippen molar-refractivity contribution in [1.82, 2.24) is 9.78 Å². The van der Waals surface area contributed by atoms with Gasteiger partial charge in [-0.2, -0.15) is 10.4 Å². The maximum atomic E-state index is 13.2. The molecule has 0 radical (unpaired) electrons. The SMILES string of the molecule is Cc1ccc(S(=O)(=O)C(C#N)=Cc2cn(-c3ccccc3)nc2-c2ccc(OCC(C)C)cc2)cc1. The maximum Gasteiger partial charge on any atom is 0.216 e. The van der Waals surface area contributed by atoms with E-state index in [2.05, 4.69) is 13.8 Å². The Labute approximate surface area is 212 Å². The minimum Gasteiger partial charge on any atom is -0.493 e. The summed E-state index contributed by atoms with van der Waals surface area (Å²) in [6, 6.07) is 25.3. The Bertz CT molecular complexity index is 1510. The van der Waals surface area contributed by atoms with Gasteiger partial charge in [0.2, 0.25) is 9.84 Å². The Hall–Kier alpha value is -4.15. The van der Waals surface area contributed by atoms with Gasteiger partial charge in [-0.3, -0.25) is 0 Å². The highest BCUT2D eigenvalue weighted by Gasteiger charge is 2.22. The van der Waals surface area contributed by atoms with Crippen molar-refractivity contribution in [3.05, 3.63) is 101 Å². The van der Waals surface area contributed by atoms with Gasteiger partial charge in [0.15, 0.2) is 0 Å². The molecular weight excluding hydrogens is 470 g/mol. The molecule has 4 aromatic rings. The van der Waals surface area contributed by atoms with Crippen molar-refractivity contribution in [1.29, 1.82) is 5.26 Å². The standard InChI is InChI=1S/C29H27N3O3S/c1-21(2)20-35-26-13-11-23(12-14-26)29-24(19-32(31-29)25-7-5-4-6-8-25)17-28(18-30)36(33,34)27-15-9-22(3)10-16-27/h4-17,19,21H,20H2,1-3H3. The van der Waals surface area contributed by atoms with Gasteiger partial charge in [0.1, 0.15) is 22.4 Å². The molecule has 0 atom stereocenters. The van der Waals surface area contributed by atoms with Crippen LogP contribution in [0.1, 0.15) is 25.0 Å². The lowest BCUT2D eigenvalue weighted by atomic mass is 10.1. The molecule has 0 aliphatic rings. The van der Waals surface area contributed by atoms with Gasteiger partial charge in [0, 0.05) is 17.3 Å². The minimum atomic E-state index is -4.00. The first kappa shape index (κ1) is 25.0. The average Bonchev–Trinajstić information content (AvgIpc) is 3.31. The lowest BCUT2D eigenvalue weighted by Gasteiger charge is -2.09. The topological polar surface area (TPSA) is 85.0 Å². The van der Waals surface area contributed by atoms with Gasteiger partial charge >= 0.3 is 0 Å². The molecular formula is C29H27N3O3S. The summed E-state index contributed by atoms with van der Waals surface area (Å²) < 4.78 is 33.9. The summed E-state index contributed by atoms with van der Waals surface area (Å²) in [5.41, 5.74) is 3.60. The molecule has 1 heterocycles. The quantitative estimate of drug-likeness (QED) is 0.270. The number of nitriles is 1. The molecule has 0 fully saturated rings. The summed E-state index contributed by atoms with van der Waals surface area (Å²) >= 11 is 0. The van der Waals surface area contributed by atoms with Gasteiger partial charge in [0.05, 0.1) is 17.2 Å². The Balaban J connectivity index is 1.80. The summed E-state index contributed by atoms with van der Waals surface area (Å²) in [7, 11) is -4.00. The minimum absolute atomic E-state index is 0.0737. The molecule has 0 unspecified atom stereocenters. The fourth-order valence-electron chi connectivity index (χ4n) is 3.56. The fraction of sp³-hybridized carbons (Fsp3) is 0.172. The van der Waals surface area contributed by atoms with Crippen LogP contribution in [-0.2, 0) is 9.84 Å². The van der Waals surface area contributed by atoms with E-state index >= 15 is 0 Å². The van der Waals surface area contributed by atoms with Gasteiger partial charge < -0.3 is 4.74 Å². The number of nitrogens with zero attached hydrogens (tertiary/aromatic N) is 3. The van der Waals surface area contributed by atoms with E-state index < -0.39 is 9.84 Å². The highest BCUT2D eigenvalue weighted by Crippen LogP contribution is 2.29. The molecule has 0 aliphatic heterocycles. The number of ether oxygens (including phenoxy) is 1. The van der Waals surface area contributed by atoms with Crippen molar-refractivity contribution in [2.45, 2.75) is 25.7 Å². The van der Waals surface area contributed by atoms with Gasteiger partial charge in [-0.1, -0.05) is 49.7 Å². The number of sulfone groups is 1. The Morgan fingerprint density at radius 3 is 2.31 bits per heavy atom. The lowest BCUT2D eigenvalue weighted by molar-refractivity contribution is 0.271. The van der Waals surface area contributed by atoms with E-state index in [9.17, 15) is 13.7 Å². The Kier molecular flexibility index (Phi) is 7.37. The smallest absolute Gasteiger partial charge is 0.216 e. The van der Waals surface area contributed by atoms with Crippen molar-refractivity contribution in [3.63, 3.8) is 0 Å². The second kappa shape index (κ2) is 10.6. The first-order chi connectivity index (χ1) is 17.3. The third kappa shape index (κ3) is 5.56.